The van der Waals surface area contributed by atoms with Crippen molar-refractivity contribution in [1.82, 2.24) is 10.2 Å². The average molecular weight is 495 g/mol. The van der Waals surface area contributed by atoms with E-state index in [4.69, 9.17) is 9.47 Å². The largest absolute Gasteiger partial charge is 0.493 e. The van der Waals surface area contributed by atoms with Gasteiger partial charge >= 0.3 is 0 Å². The van der Waals surface area contributed by atoms with Crippen molar-refractivity contribution >= 4 is 29.9 Å². The summed E-state index contributed by atoms with van der Waals surface area (Å²) in [6, 6.07) is 16.7. The molecule has 2 aromatic rings. The van der Waals surface area contributed by atoms with Crippen LogP contribution in [0.2, 0.25) is 0 Å². The van der Waals surface area contributed by atoms with Crippen molar-refractivity contribution in [3.05, 3.63) is 59.7 Å². The van der Waals surface area contributed by atoms with Gasteiger partial charge in [-0.3, -0.25) is 4.99 Å². The van der Waals surface area contributed by atoms with E-state index in [1.165, 1.54) is 12.0 Å². The van der Waals surface area contributed by atoms with Gasteiger partial charge in [0.2, 0.25) is 0 Å². The lowest BCUT2D eigenvalue weighted by atomic mass is 9.99. The van der Waals surface area contributed by atoms with Crippen LogP contribution in [-0.4, -0.2) is 45.2 Å². The first-order valence-corrected chi connectivity index (χ1v) is 9.44. The van der Waals surface area contributed by atoms with Crippen molar-refractivity contribution in [2.75, 3.05) is 34.4 Å². The van der Waals surface area contributed by atoms with Gasteiger partial charge in [0.25, 0.3) is 0 Å². The Hall–Kier alpha value is -1.96. The molecule has 0 aromatic heterocycles. The van der Waals surface area contributed by atoms with Crippen LogP contribution in [0.25, 0.3) is 0 Å². The van der Waals surface area contributed by atoms with Crippen molar-refractivity contribution in [1.29, 1.82) is 0 Å². The maximum Gasteiger partial charge on any atom is 0.193 e. The molecule has 1 saturated heterocycles. The molecule has 0 bridgehead atoms. The summed E-state index contributed by atoms with van der Waals surface area (Å²) in [6.45, 7) is 2.71. The first kappa shape index (κ1) is 22.3. The maximum atomic E-state index is 5.52. The second-order valence-corrected chi connectivity index (χ2v) is 6.84. The SMILES string of the molecule is CN=C(NCc1cccc(OC)c1OC)N1CCC(Cc2ccccc2)C1.I. The zero-order valence-electron chi connectivity index (χ0n) is 16.9. The minimum Gasteiger partial charge on any atom is -0.493 e. The van der Waals surface area contributed by atoms with Gasteiger partial charge in [0.05, 0.1) is 14.2 Å². The lowest BCUT2D eigenvalue weighted by molar-refractivity contribution is 0.351. The van der Waals surface area contributed by atoms with E-state index in [1.807, 2.05) is 25.2 Å². The zero-order valence-corrected chi connectivity index (χ0v) is 19.2. The number of hydrogen-bond donors (Lipinski definition) is 1. The van der Waals surface area contributed by atoms with Crippen molar-refractivity contribution in [3.63, 3.8) is 0 Å². The van der Waals surface area contributed by atoms with Gasteiger partial charge in [-0.1, -0.05) is 42.5 Å². The number of aliphatic imine (C=N–C) groups is 1. The number of halogens is 1. The fourth-order valence-electron chi connectivity index (χ4n) is 3.74. The summed E-state index contributed by atoms with van der Waals surface area (Å²) < 4.78 is 10.9. The van der Waals surface area contributed by atoms with E-state index in [0.717, 1.165) is 42.5 Å². The molecule has 1 aliphatic rings. The number of nitrogens with one attached hydrogen (secondary N) is 1. The Balaban J connectivity index is 0.00000280. The Kier molecular flexibility index (Phi) is 8.89. The molecule has 1 fully saturated rings. The molecule has 6 heteroatoms. The summed E-state index contributed by atoms with van der Waals surface area (Å²) in [5.41, 5.74) is 2.46. The quantitative estimate of drug-likeness (QED) is 0.375. The molecule has 1 unspecified atom stereocenters. The molecular weight excluding hydrogens is 465 g/mol. The molecule has 3 rings (SSSR count). The van der Waals surface area contributed by atoms with Crippen LogP contribution in [0.5, 0.6) is 11.5 Å². The first-order valence-electron chi connectivity index (χ1n) is 9.44. The number of ether oxygens (including phenoxy) is 2. The predicted octanol–water partition coefficient (Wildman–Crippen LogP) is 3.96. The van der Waals surface area contributed by atoms with Crippen molar-refractivity contribution < 1.29 is 9.47 Å². The highest BCUT2D eigenvalue weighted by Gasteiger charge is 2.25. The van der Waals surface area contributed by atoms with Gasteiger partial charge in [0, 0.05) is 32.2 Å². The Bertz CT molecular complexity index is 768. The van der Waals surface area contributed by atoms with Crippen LogP contribution >= 0.6 is 24.0 Å². The summed E-state index contributed by atoms with van der Waals surface area (Å²) in [7, 11) is 5.17. The molecule has 28 heavy (non-hydrogen) atoms. The second-order valence-electron chi connectivity index (χ2n) is 6.84. The van der Waals surface area contributed by atoms with Crippen LogP contribution in [0.4, 0.5) is 0 Å². The van der Waals surface area contributed by atoms with Gasteiger partial charge in [0.1, 0.15) is 0 Å². The van der Waals surface area contributed by atoms with E-state index < -0.39 is 0 Å². The van der Waals surface area contributed by atoms with Gasteiger partial charge in [0.15, 0.2) is 17.5 Å². The second kappa shape index (κ2) is 11.1. The molecule has 152 valence electrons. The van der Waals surface area contributed by atoms with E-state index in [-0.39, 0.29) is 24.0 Å². The summed E-state index contributed by atoms with van der Waals surface area (Å²) in [4.78, 5) is 6.83. The lowest BCUT2D eigenvalue weighted by Crippen LogP contribution is -2.39. The first-order chi connectivity index (χ1) is 13.2. The number of methoxy groups -OCH3 is 2. The third-order valence-corrected chi connectivity index (χ3v) is 5.09. The number of nitrogens with zero attached hydrogens (tertiary/aromatic N) is 2. The van der Waals surface area contributed by atoms with E-state index >= 15 is 0 Å². The minimum absolute atomic E-state index is 0. The molecule has 0 aliphatic carbocycles. The summed E-state index contributed by atoms with van der Waals surface area (Å²) in [6.07, 6.45) is 2.32. The van der Waals surface area contributed by atoms with Gasteiger partial charge in [-0.2, -0.15) is 0 Å². The van der Waals surface area contributed by atoms with Crippen LogP contribution < -0.4 is 14.8 Å². The molecular formula is C22H30IN3O2. The third-order valence-electron chi connectivity index (χ3n) is 5.09. The topological polar surface area (TPSA) is 46.1 Å². The van der Waals surface area contributed by atoms with Crippen LogP contribution in [-0.2, 0) is 13.0 Å². The molecule has 1 atom stereocenters. The van der Waals surface area contributed by atoms with E-state index in [1.54, 1.807) is 14.2 Å². The monoisotopic (exact) mass is 495 g/mol. The number of para-hydroxylation sites is 1. The summed E-state index contributed by atoms with van der Waals surface area (Å²) in [5, 5.41) is 3.48. The molecule has 0 saturated carbocycles. The van der Waals surface area contributed by atoms with Crippen LogP contribution in [0.3, 0.4) is 0 Å². The highest BCUT2D eigenvalue weighted by Crippen LogP contribution is 2.30. The standard InChI is InChI=1S/C22H29N3O2.HI/c1-23-22(24-15-19-10-7-11-20(26-2)21(19)27-3)25-13-12-18(16-25)14-17-8-5-4-6-9-17;/h4-11,18H,12-16H2,1-3H3,(H,23,24);1H. The molecule has 0 amide bonds. The van der Waals surface area contributed by atoms with E-state index in [9.17, 15) is 0 Å². The highest BCUT2D eigenvalue weighted by molar-refractivity contribution is 14.0. The van der Waals surface area contributed by atoms with Crippen LogP contribution in [0, 0.1) is 5.92 Å². The normalized spacial score (nSPS) is 16.5. The lowest BCUT2D eigenvalue weighted by Gasteiger charge is -2.22. The van der Waals surface area contributed by atoms with Crippen molar-refractivity contribution in [3.8, 4) is 11.5 Å². The van der Waals surface area contributed by atoms with Gasteiger partial charge < -0.3 is 19.7 Å². The van der Waals surface area contributed by atoms with Crippen LogP contribution in [0.15, 0.2) is 53.5 Å². The molecule has 1 aliphatic heterocycles. The molecule has 0 radical (unpaired) electrons. The van der Waals surface area contributed by atoms with Gasteiger partial charge in [-0.25, -0.2) is 0 Å². The number of likely N-dealkylation sites (tertiary alicyclic amines) is 1. The number of benzene rings is 2. The predicted molar refractivity (Wildman–Crippen MR) is 125 cm³/mol. The number of rotatable bonds is 6. The Morgan fingerprint density at radius 2 is 1.89 bits per heavy atom. The maximum absolute atomic E-state index is 5.52. The summed E-state index contributed by atoms with van der Waals surface area (Å²) >= 11 is 0. The Morgan fingerprint density at radius 1 is 1.11 bits per heavy atom. The third kappa shape index (κ3) is 5.53. The number of guanidine groups is 1. The Morgan fingerprint density at radius 3 is 2.57 bits per heavy atom. The highest BCUT2D eigenvalue weighted by atomic mass is 127. The van der Waals surface area contributed by atoms with Gasteiger partial charge in [-0.15, -0.1) is 24.0 Å². The van der Waals surface area contributed by atoms with E-state index in [0.29, 0.717) is 12.5 Å². The zero-order chi connectivity index (χ0) is 19.1. The fraction of sp³-hybridized carbons (Fsp3) is 0.409. The van der Waals surface area contributed by atoms with Gasteiger partial charge in [-0.05, 0) is 30.4 Å². The number of hydrogen-bond acceptors (Lipinski definition) is 3. The minimum atomic E-state index is 0. The van der Waals surface area contributed by atoms with Crippen molar-refractivity contribution in [2.24, 2.45) is 10.9 Å². The molecule has 2 aromatic carbocycles. The molecule has 0 spiro atoms. The molecule has 1 heterocycles. The smallest absolute Gasteiger partial charge is 0.193 e. The Labute approximate surface area is 185 Å². The van der Waals surface area contributed by atoms with Crippen molar-refractivity contribution in [2.45, 2.75) is 19.4 Å². The summed E-state index contributed by atoms with van der Waals surface area (Å²) in [5.74, 6) is 3.12. The van der Waals surface area contributed by atoms with Crippen LogP contribution in [0.1, 0.15) is 17.5 Å². The fourth-order valence-corrected chi connectivity index (χ4v) is 3.74. The van der Waals surface area contributed by atoms with E-state index in [2.05, 4.69) is 45.5 Å². The average Bonchev–Trinajstić information content (AvgIpc) is 3.17. The molecule has 1 N–H and O–H groups in total. The molecule has 5 nitrogen and oxygen atoms in total.